The summed E-state index contributed by atoms with van der Waals surface area (Å²) in [5.74, 6) is 1.21. The number of carbonyl (C=O) groups excluding carboxylic acids is 1. The number of amides is 1. The molecule has 1 amide bonds. The smallest absolute Gasteiger partial charge is 0.236 e. The van der Waals surface area contributed by atoms with E-state index in [1.165, 1.54) is 11.3 Å². The lowest BCUT2D eigenvalue weighted by Gasteiger charge is -2.16. The third-order valence-corrected chi connectivity index (χ3v) is 4.68. The van der Waals surface area contributed by atoms with E-state index in [1.807, 2.05) is 18.2 Å². The van der Waals surface area contributed by atoms with Crippen LogP contribution >= 0.6 is 23.1 Å². The molecule has 0 atom stereocenters. The van der Waals surface area contributed by atoms with Gasteiger partial charge < -0.3 is 10.1 Å². The lowest BCUT2D eigenvalue weighted by Crippen LogP contribution is -2.18. The summed E-state index contributed by atoms with van der Waals surface area (Å²) in [5, 5.41) is 3.48. The molecule has 0 aliphatic carbocycles. The average Bonchev–Trinajstić information content (AvgIpc) is 2.76. The SMILES string of the molecule is COc1ccc2nc(NC(=O)CSC(C)(C)C)sc2c1. The highest BCUT2D eigenvalue weighted by molar-refractivity contribution is 8.01. The van der Waals surface area contributed by atoms with E-state index < -0.39 is 0 Å². The first-order chi connectivity index (χ1) is 9.37. The fourth-order valence-electron chi connectivity index (χ4n) is 1.52. The number of benzene rings is 1. The highest BCUT2D eigenvalue weighted by Crippen LogP contribution is 2.29. The van der Waals surface area contributed by atoms with Crippen molar-refractivity contribution >= 4 is 44.4 Å². The van der Waals surface area contributed by atoms with Crippen molar-refractivity contribution in [1.82, 2.24) is 4.98 Å². The van der Waals surface area contributed by atoms with Crippen molar-refractivity contribution in [2.75, 3.05) is 18.2 Å². The molecule has 1 aromatic carbocycles. The van der Waals surface area contributed by atoms with Gasteiger partial charge in [-0.15, -0.1) is 11.8 Å². The summed E-state index contributed by atoms with van der Waals surface area (Å²) >= 11 is 3.07. The van der Waals surface area contributed by atoms with E-state index in [0.29, 0.717) is 10.9 Å². The molecule has 1 heterocycles. The normalized spacial score (nSPS) is 11.6. The second kappa shape index (κ2) is 6.01. The van der Waals surface area contributed by atoms with Gasteiger partial charge in [0.25, 0.3) is 0 Å². The predicted molar refractivity (Wildman–Crippen MR) is 87.0 cm³/mol. The van der Waals surface area contributed by atoms with Crippen LogP contribution in [0.4, 0.5) is 5.13 Å². The quantitative estimate of drug-likeness (QED) is 0.934. The highest BCUT2D eigenvalue weighted by Gasteiger charge is 2.14. The van der Waals surface area contributed by atoms with Gasteiger partial charge in [-0.3, -0.25) is 4.79 Å². The van der Waals surface area contributed by atoms with Crippen molar-refractivity contribution in [2.24, 2.45) is 0 Å². The third-order valence-electron chi connectivity index (χ3n) is 2.48. The van der Waals surface area contributed by atoms with Crippen LogP contribution in [0, 0.1) is 0 Å². The molecule has 0 bridgehead atoms. The van der Waals surface area contributed by atoms with Crippen LogP contribution < -0.4 is 10.1 Å². The number of nitrogens with one attached hydrogen (secondary N) is 1. The predicted octanol–water partition coefficient (Wildman–Crippen LogP) is 3.78. The van der Waals surface area contributed by atoms with Crippen LogP contribution in [0.15, 0.2) is 18.2 Å². The monoisotopic (exact) mass is 310 g/mol. The summed E-state index contributed by atoms with van der Waals surface area (Å²) < 4.78 is 6.26. The molecule has 0 aliphatic heterocycles. The fourth-order valence-corrected chi connectivity index (χ4v) is 3.07. The van der Waals surface area contributed by atoms with Gasteiger partial charge in [0.05, 0.1) is 23.1 Å². The maximum Gasteiger partial charge on any atom is 0.236 e. The van der Waals surface area contributed by atoms with E-state index >= 15 is 0 Å². The van der Waals surface area contributed by atoms with Gasteiger partial charge in [0, 0.05) is 4.75 Å². The average molecular weight is 310 g/mol. The van der Waals surface area contributed by atoms with Gasteiger partial charge in [0.15, 0.2) is 5.13 Å². The number of hydrogen-bond donors (Lipinski definition) is 1. The molecular weight excluding hydrogens is 292 g/mol. The van der Waals surface area contributed by atoms with E-state index in [-0.39, 0.29) is 10.7 Å². The van der Waals surface area contributed by atoms with Crippen LogP contribution in [0.3, 0.4) is 0 Å². The topological polar surface area (TPSA) is 51.2 Å². The molecule has 1 aromatic heterocycles. The summed E-state index contributed by atoms with van der Waals surface area (Å²) in [6.07, 6.45) is 0. The molecule has 2 rings (SSSR count). The van der Waals surface area contributed by atoms with Crippen LogP contribution in [-0.2, 0) is 4.79 Å². The molecular formula is C14H18N2O2S2. The Morgan fingerprint density at radius 3 is 2.85 bits per heavy atom. The van der Waals surface area contributed by atoms with Crippen LogP contribution in [0.5, 0.6) is 5.75 Å². The second-order valence-electron chi connectivity index (χ2n) is 5.30. The number of hydrogen-bond acceptors (Lipinski definition) is 5. The number of anilines is 1. The molecule has 108 valence electrons. The van der Waals surface area contributed by atoms with Crippen molar-refractivity contribution in [3.63, 3.8) is 0 Å². The molecule has 6 heteroatoms. The molecule has 0 saturated heterocycles. The fraction of sp³-hybridized carbons (Fsp3) is 0.429. The van der Waals surface area contributed by atoms with Gasteiger partial charge in [-0.1, -0.05) is 32.1 Å². The van der Waals surface area contributed by atoms with E-state index in [0.717, 1.165) is 16.0 Å². The maximum atomic E-state index is 11.9. The molecule has 0 radical (unpaired) electrons. The molecule has 0 saturated carbocycles. The molecule has 0 unspecified atom stereocenters. The van der Waals surface area contributed by atoms with Crippen LogP contribution in [0.25, 0.3) is 10.2 Å². The number of thioether (sulfide) groups is 1. The van der Waals surface area contributed by atoms with Gasteiger partial charge in [0.1, 0.15) is 5.75 Å². The van der Waals surface area contributed by atoms with Gasteiger partial charge >= 0.3 is 0 Å². The molecule has 0 aliphatic rings. The lowest BCUT2D eigenvalue weighted by atomic mass is 10.3. The number of rotatable bonds is 4. The molecule has 1 N–H and O–H groups in total. The zero-order valence-electron chi connectivity index (χ0n) is 12.0. The highest BCUT2D eigenvalue weighted by atomic mass is 32.2. The Bertz CT molecular complexity index is 617. The van der Waals surface area contributed by atoms with E-state index in [4.69, 9.17) is 4.74 Å². The second-order valence-corrected chi connectivity index (χ2v) is 8.13. The Morgan fingerprint density at radius 2 is 2.20 bits per heavy atom. The van der Waals surface area contributed by atoms with E-state index in [2.05, 4.69) is 31.1 Å². The minimum atomic E-state index is -0.0176. The minimum Gasteiger partial charge on any atom is -0.497 e. The molecule has 4 nitrogen and oxygen atoms in total. The van der Waals surface area contributed by atoms with Gasteiger partial charge in [-0.05, 0) is 18.2 Å². The van der Waals surface area contributed by atoms with Crippen LogP contribution in [0.1, 0.15) is 20.8 Å². The number of carbonyl (C=O) groups is 1. The van der Waals surface area contributed by atoms with Gasteiger partial charge in [-0.25, -0.2) is 4.98 Å². The number of methoxy groups -OCH3 is 1. The Hall–Kier alpha value is -1.27. The first kappa shape index (κ1) is 15.1. The Labute approximate surface area is 126 Å². The minimum absolute atomic E-state index is 0.0176. The summed E-state index contributed by atoms with van der Waals surface area (Å²) in [5.41, 5.74) is 0.870. The zero-order valence-corrected chi connectivity index (χ0v) is 13.7. The van der Waals surface area contributed by atoms with Gasteiger partial charge in [-0.2, -0.15) is 0 Å². The van der Waals surface area contributed by atoms with Gasteiger partial charge in [0.2, 0.25) is 5.91 Å². The van der Waals surface area contributed by atoms with Crippen molar-refractivity contribution in [3.8, 4) is 5.75 Å². The number of nitrogens with zero attached hydrogens (tertiary/aromatic N) is 1. The zero-order chi connectivity index (χ0) is 14.8. The Morgan fingerprint density at radius 1 is 1.45 bits per heavy atom. The molecule has 20 heavy (non-hydrogen) atoms. The molecule has 0 fully saturated rings. The summed E-state index contributed by atoms with van der Waals surface area (Å²) in [4.78, 5) is 16.3. The summed E-state index contributed by atoms with van der Waals surface area (Å²) in [6, 6.07) is 5.68. The first-order valence-electron chi connectivity index (χ1n) is 6.26. The maximum absolute atomic E-state index is 11.9. The van der Waals surface area contributed by atoms with Crippen LogP contribution in [-0.4, -0.2) is 28.5 Å². The lowest BCUT2D eigenvalue weighted by molar-refractivity contribution is -0.113. The van der Waals surface area contributed by atoms with Crippen LogP contribution in [0.2, 0.25) is 0 Å². The number of ether oxygens (including phenoxy) is 1. The van der Waals surface area contributed by atoms with E-state index in [9.17, 15) is 4.79 Å². The Kier molecular flexibility index (Phi) is 4.55. The van der Waals surface area contributed by atoms with Crippen molar-refractivity contribution in [3.05, 3.63) is 18.2 Å². The number of fused-ring (bicyclic) bond motifs is 1. The largest absolute Gasteiger partial charge is 0.497 e. The van der Waals surface area contributed by atoms with Crippen molar-refractivity contribution in [2.45, 2.75) is 25.5 Å². The third kappa shape index (κ3) is 4.11. The summed E-state index contributed by atoms with van der Waals surface area (Å²) in [7, 11) is 1.63. The standard InChI is InChI=1S/C14H18N2O2S2/c1-14(2,3)19-8-12(17)16-13-15-10-6-5-9(18-4)7-11(10)20-13/h5-7H,8H2,1-4H3,(H,15,16,17). The van der Waals surface area contributed by atoms with E-state index in [1.54, 1.807) is 18.9 Å². The Balaban J connectivity index is 2.04. The summed E-state index contributed by atoms with van der Waals surface area (Å²) in [6.45, 7) is 6.28. The number of aromatic nitrogens is 1. The number of thiazole rings is 1. The van der Waals surface area contributed by atoms with Crippen molar-refractivity contribution in [1.29, 1.82) is 0 Å². The molecule has 2 aromatic rings. The first-order valence-corrected chi connectivity index (χ1v) is 8.06. The van der Waals surface area contributed by atoms with Crippen molar-refractivity contribution < 1.29 is 9.53 Å². The molecule has 0 spiro atoms.